The second kappa shape index (κ2) is 5.03. The third-order valence-corrected chi connectivity index (χ3v) is 3.65. The summed E-state index contributed by atoms with van der Waals surface area (Å²) in [7, 11) is 0. The van der Waals surface area contributed by atoms with Gasteiger partial charge in [-0.2, -0.15) is 0 Å². The van der Waals surface area contributed by atoms with Crippen molar-refractivity contribution >= 4 is 11.3 Å². The molecule has 0 aromatic carbocycles. The predicted molar refractivity (Wildman–Crippen MR) is 60.9 cm³/mol. The number of rotatable bonds is 4. The molecule has 0 spiro atoms. The van der Waals surface area contributed by atoms with Crippen LogP contribution < -0.4 is 10.6 Å². The number of nitrogens with one attached hydrogen (secondary N) is 2. The summed E-state index contributed by atoms with van der Waals surface area (Å²) in [6.45, 7) is 3.72. The van der Waals surface area contributed by atoms with E-state index in [4.69, 9.17) is 0 Å². The highest BCUT2D eigenvalue weighted by molar-refractivity contribution is 7.09. The highest BCUT2D eigenvalue weighted by Crippen LogP contribution is 2.15. The summed E-state index contributed by atoms with van der Waals surface area (Å²) in [4.78, 5) is 4.26. The smallest absolute Gasteiger partial charge is 0.109 e. The number of aliphatic hydroxyl groups is 1. The van der Waals surface area contributed by atoms with Gasteiger partial charge in [0.25, 0.3) is 0 Å². The lowest BCUT2D eigenvalue weighted by molar-refractivity contribution is 0.193. The number of aromatic nitrogens is 1. The standard InChI is InChI=1S/C10H17N3OS/c1-7(10-11-2-3-15-10)12-5-8-4-9(14)6-13-8/h2-3,7-9,12-14H,4-6H2,1H3. The van der Waals surface area contributed by atoms with Gasteiger partial charge < -0.3 is 15.7 Å². The van der Waals surface area contributed by atoms with Crippen molar-refractivity contribution in [3.8, 4) is 0 Å². The van der Waals surface area contributed by atoms with Gasteiger partial charge in [-0.05, 0) is 13.3 Å². The van der Waals surface area contributed by atoms with Crippen LogP contribution in [0.3, 0.4) is 0 Å². The van der Waals surface area contributed by atoms with E-state index in [0.717, 1.165) is 24.5 Å². The molecule has 0 bridgehead atoms. The van der Waals surface area contributed by atoms with Crippen LogP contribution in [0.15, 0.2) is 11.6 Å². The van der Waals surface area contributed by atoms with Crippen LogP contribution in [0.5, 0.6) is 0 Å². The predicted octanol–water partition coefficient (Wildman–Crippen LogP) is 0.517. The molecular formula is C10H17N3OS. The van der Waals surface area contributed by atoms with Gasteiger partial charge in [-0.1, -0.05) is 0 Å². The minimum Gasteiger partial charge on any atom is -0.392 e. The summed E-state index contributed by atoms with van der Waals surface area (Å²) >= 11 is 1.67. The SMILES string of the molecule is CC(NCC1CC(O)CN1)c1nccs1. The van der Waals surface area contributed by atoms with E-state index >= 15 is 0 Å². The van der Waals surface area contributed by atoms with Gasteiger partial charge in [0.15, 0.2) is 0 Å². The summed E-state index contributed by atoms with van der Waals surface area (Å²) in [6, 6.07) is 0.687. The van der Waals surface area contributed by atoms with Crippen LogP contribution in [0.4, 0.5) is 0 Å². The van der Waals surface area contributed by atoms with E-state index in [0.29, 0.717) is 12.1 Å². The van der Waals surface area contributed by atoms with Gasteiger partial charge in [-0.15, -0.1) is 11.3 Å². The molecule has 1 aliphatic rings. The molecule has 1 fully saturated rings. The number of aliphatic hydroxyl groups excluding tert-OH is 1. The number of nitrogens with zero attached hydrogens (tertiary/aromatic N) is 1. The van der Waals surface area contributed by atoms with Crippen molar-refractivity contribution in [1.29, 1.82) is 0 Å². The molecule has 1 aromatic heterocycles. The Kier molecular flexibility index (Phi) is 3.69. The summed E-state index contributed by atoms with van der Waals surface area (Å²) in [5, 5.41) is 19.2. The minimum absolute atomic E-state index is 0.174. The van der Waals surface area contributed by atoms with Crippen molar-refractivity contribution in [2.24, 2.45) is 0 Å². The van der Waals surface area contributed by atoms with E-state index in [1.807, 2.05) is 11.6 Å². The van der Waals surface area contributed by atoms with Crippen molar-refractivity contribution in [2.45, 2.75) is 31.5 Å². The number of hydrogen-bond donors (Lipinski definition) is 3. The fourth-order valence-corrected chi connectivity index (χ4v) is 2.48. The van der Waals surface area contributed by atoms with E-state index in [9.17, 15) is 5.11 Å². The zero-order valence-electron chi connectivity index (χ0n) is 8.81. The molecule has 3 N–H and O–H groups in total. The number of thiazole rings is 1. The van der Waals surface area contributed by atoms with E-state index in [1.54, 1.807) is 11.3 Å². The Morgan fingerprint density at radius 1 is 1.80 bits per heavy atom. The average molecular weight is 227 g/mol. The fraction of sp³-hybridized carbons (Fsp3) is 0.700. The molecule has 84 valence electrons. The van der Waals surface area contributed by atoms with Crippen LogP contribution in [0.2, 0.25) is 0 Å². The Balaban J connectivity index is 1.74. The van der Waals surface area contributed by atoms with E-state index in [1.165, 1.54) is 0 Å². The van der Waals surface area contributed by atoms with Crippen molar-refractivity contribution in [3.05, 3.63) is 16.6 Å². The average Bonchev–Trinajstić information content (AvgIpc) is 2.84. The van der Waals surface area contributed by atoms with Gasteiger partial charge in [-0.3, -0.25) is 0 Å². The number of hydrogen-bond acceptors (Lipinski definition) is 5. The van der Waals surface area contributed by atoms with Crippen molar-refractivity contribution in [2.75, 3.05) is 13.1 Å². The molecule has 1 saturated heterocycles. The highest BCUT2D eigenvalue weighted by atomic mass is 32.1. The Morgan fingerprint density at radius 3 is 3.27 bits per heavy atom. The normalized spacial score (nSPS) is 28.1. The zero-order chi connectivity index (χ0) is 10.7. The fourth-order valence-electron chi connectivity index (χ4n) is 1.81. The third kappa shape index (κ3) is 2.98. The maximum atomic E-state index is 9.35. The first-order valence-electron chi connectivity index (χ1n) is 5.30. The van der Waals surface area contributed by atoms with Crippen molar-refractivity contribution in [1.82, 2.24) is 15.6 Å². The molecule has 1 aromatic rings. The van der Waals surface area contributed by atoms with Gasteiger partial charge in [-0.25, -0.2) is 4.98 Å². The molecule has 4 nitrogen and oxygen atoms in total. The molecular weight excluding hydrogens is 210 g/mol. The Morgan fingerprint density at radius 2 is 2.67 bits per heavy atom. The van der Waals surface area contributed by atoms with Gasteiger partial charge in [0.2, 0.25) is 0 Å². The van der Waals surface area contributed by atoms with Crippen molar-refractivity contribution in [3.63, 3.8) is 0 Å². The van der Waals surface area contributed by atoms with Gasteiger partial charge in [0.1, 0.15) is 5.01 Å². The van der Waals surface area contributed by atoms with Crippen LogP contribution in [0.1, 0.15) is 24.4 Å². The molecule has 2 heterocycles. The molecule has 5 heteroatoms. The molecule has 0 amide bonds. The van der Waals surface area contributed by atoms with Gasteiger partial charge >= 0.3 is 0 Å². The Labute approximate surface area is 93.7 Å². The summed E-state index contributed by atoms with van der Waals surface area (Å²) < 4.78 is 0. The number of β-amino-alcohol motifs (C(OH)–C–C–N with tert-alkyl or cyclic N) is 1. The lowest BCUT2D eigenvalue weighted by Crippen LogP contribution is -2.35. The lowest BCUT2D eigenvalue weighted by atomic mass is 10.2. The summed E-state index contributed by atoms with van der Waals surface area (Å²) in [5.41, 5.74) is 0. The Bertz CT molecular complexity index is 291. The summed E-state index contributed by atoms with van der Waals surface area (Å²) in [6.07, 6.45) is 2.50. The first kappa shape index (κ1) is 11.0. The Hall–Kier alpha value is -0.490. The van der Waals surface area contributed by atoms with E-state index in [-0.39, 0.29) is 6.10 Å². The first-order valence-corrected chi connectivity index (χ1v) is 6.18. The molecule has 0 radical (unpaired) electrons. The molecule has 1 aliphatic heterocycles. The van der Waals surface area contributed by atoms with Gasteiger partial charge in [0, 0.05) is 30.7 Å². The lowest BCUT2D eigenvalue weighted by Gasteiger charge is -2.15. The maximum Gasteiger partial charge on any atom is 0.109 e. The maximum absolute atomic E-state index is 9.35. The van der Waals surface area contributed by atoms with E-state index < -0.39 is 0 Å². The largest absolute Gasteiger partial charge is 0.392 e. The zero-order valence-corrected chi connectivity index (χ0v) is 9.63. The minimum atomic E-state index is -0.174. The molecule has 0 saturated carbocycles. The van der Waals surface area contributed by atoms with Crippen LogP contribution >= 0.6 is 11.3 Å². The highest BCUT2D eigenvalue weighted by Gasteiger charge is 2.22. The monoisotopic (exact) mass is 227 g/mol. The van der Waals surface area contributed by atoms with Crippen molar-refractivity contribution < 1.29 is 5.11 Å². The van der Waals surface area contributed by atoms with Crippen LogP contribution in [0.25, 0.3) is 0 Å². The summed E-state index contributed by atoms with van der Waals surface area (Å²) in [5.74, 6) is 0. The van der Waals surface area contributed by atoms with Crippen LogP contribution in [0, 0.1) is 0 Å². The van der Waals surface area contributed by atoms with Crippen LogP contribution in [-0.4, -0.2) is 35.3 Å². The molecule has 3 atom stereocenters. The second-order valence-corrected chi connectivity index (χ2v) is 4.92. The molecule has 3 unspecified atom stereocenters. The van der Waals surface area contributed by atoms with E-state index in [2.05, 4.69) is 22.5 Å². The topological polar surface area (TPSA) is 57.2 Å². The molecule has 0 aliphatic carbocycles. The third-order valence-electron chi connectivity index (χ3n) is 2.69. The van der Waals surface area contributed by atoms with Gasteiger partial charge in [0.05, 0.1) is 12.1 Å². The first-order chi connectivity index (χ1) is 7.25. The van der Waals surface area contributed by atoms with Crippen LogP contribution in [-0.2, 0) is 0 Å². The quantitative estimate of drug-likeness (QED) is 0.702. The molecule has 2 rings (SSSR count). The molecule has 15 heavy (non-hydrogen) atoms. The second-order valence-electron chi connectivity index (χ2n) is 3.99.